The lowest BCUT2D eigenvalue weighted by Gasteiger charge is -2.37. The fourth-order valence-corrected chi connectivity index (χ4v) is 8.32. The molecule has 3 aromatic carbocycles. The summed E-state index contributed by atoms with van der Waals surface area (Å²) in [5, 5.41) is 0. The number of rotatable bonds is 12. The van der Waals surface area contributed by atoms with Crippen molar-refractivity contribution < 1.29 is 43.0 Å². The van der Waals surface area contributed by atoms with Crippen LogP contribution >= 0.6 is 0 Å². The molecule has 3 aliphatic heterocycles. The van der Waals surface area contributed by atoms with Crippen LogP contribution in [-0.2, 0) is 51.9 Å². The molecule has 0 fully saturated rings. The molecule has 4 aliphatic rings. The second kappa shape index (κ2) is 14.0. The molecule has 10 heteroatoms. The van der Waals surface area contributed by atoms with Gasteiger partial charge in [0.25, 0.3) is 11.8 Å². The third kappa shape index (κ3) is 6.49. The third-order valence-electron chi connectivity index (χ3n) is 11.1. The zero-order chi connectivity index (χ0) is 39.4. The summed E-state index contributed by atoms with van der Waals surface area (Å²) in [7, 11) is 0. The zero-order valence-corrected chi connectivity index (χ0v) is 31.5. The van der Waals surface area contributed by atoms with Crippen molar-refractivity contribution in [3.8, 4) is 11.5 Å². The number of carbonyl (C=O) groups is 7. The molecule has 2 amide bonds. The lowest BCUT2D eigenvalue weighted by Crippen LogP contribution is -2.33. The summed E-state index contributed by atoms with van der Waals surface area (Å²) in [6.45, 7) is 8.81. The number of amides is 2. The van der Waals surface area contributed by atoms with E-state index in [1.165, 1.54) is 12.2 Å². The maximum Gasteiger partial charge on any atom is 0.340 e. The summed E-state index contributed by atoms with van der Waals surface area (Å²) in [5.41, 5.74) is 2.97. The molecule has 3 heterocycles. The second-order valence-electron chi connectivity index (χ2n) is 15.4. The molecule has 1 aliphatic carbocycles. The highest BCUT2D eigenvalue weighted by atomic mass is 16.6. The fraction of sp³-hybridized carbons (Fsp3) is 0.311. The first-order chi connectivity index (χ1) is 26.1. The predicted molar refractivity (Wildman–Crippen MR) is 201 cm³/mol. The van der Waals surface area contributed by atoms with Crippen LogP contribution < -0.4 is 4.74 Å². The van der Waals surface area contributed by atoms with Gasteiger partial charge < -0.3 is 9.47 Å². The Labute approximate surface area is 318 Å². The molecule has 0 saturated heterocycles. The molecule has 55 heavy (non-hydrogen) atoms. The minimum Gasteiger partial charge on any atom is -0.456 e. The molecule has 1 unspecified atom stereocenters. The monoisotopic (exact) mass is 739 g/mol. The van der Waals surface area contributed by atoms with Crippen LogP contribution in [0, 0.1) is 5.41 Å². The smallest absolute Gasteiger partial charge is 0.340 e. The van der Waals surface area contributed by atoms with Gasteiger partial charge in [0.1, 0.15) is 23.1 Å². The highest BCUT2D eigenvalue weighted by Crippen LogP contribution is 2.56. The second-order valence-corrected chi connectivity index (χ2v) is 15.4. The minimum absolute atomic E-state index is 0.0176. The van der Waals surface area contributed by atoms with Gasteiger partial charge in [0.2, 0.25) is 0 Å². The topological polar surface area (TPSA) is 141 Å². The molecular weight excluding hydrogens is 698 g/mol. The van der Waals surface area contributed by atoms with Crippen molar-refractivity contribution >= 4 is 40.9 Å². The standard InChI is InChI=1S/C45H41NO9/c1-25-26(2)42(52)40(27(3)41(25)51)44(4,5)24-31(48)21-29-14-16-35-37(23-29)54-36-22-28(20-30(47)10-8-9-19-46-38(49)17-18-39(46)50)13-15-34(36)45(35)33-12-7-6-11-32(33)43(53)55-45/h6-7,11-18,22-23H,8-10,19-21,24H2,1-5H3. The number of allylic oxidation sites excluding steroid dienone is 4. The van der Waals surface area contributed by atoms with E-state index in [2.05, 4.69) is 0 Å². The maximum absolute atomic E-state index is 13.7. The van der Waals surface area contributed by atoms with Gasteiger partial charge in [0, 0.05) is 88.8 Å². The fourth-order valence-electron chi connectivity index (χ4n) is 8.32. The van der Waals surface area contributed by atoms with E-state index in [4.69, 9.17) is 9.47 Å². The van der Waals surface area contributed by atoms with Crippen molar-refractivity contribution in [1.29, 1.82) is 0 Å². The lowest BCUT2D eigenvalue weighted by atomic mass is 9.70. The molecule has 1 atom stereocenters. The van der Waals surface area contributed by atoms with E-state index in [9.17, 15) is 33.6 Å². The Balaban J connectivity index is 1.13. The highest BCUT2D eigenvalue weighted by Gasteiger charge is 2.53. The highest BCUT2D eigenvalue weighted by molar-refractivity contribution is 6.25. The third-order valence-corrected chi connectivity index (χ3v) is 11.1. The van der Waals surface area contributed by atoms with Crippen molar-refractivity contribution in [2.45, 2.75) is 78.7 Å². The number of unbranched alkanes of at least 4 members (excludes halogenated alkanes) is 1. The molecule has 0 saturated carbocycles. The number of nitrogens with zero attached hydrogens (tertiary/aromatic N) is 1. The Morgan fingerprint density at radius 3 is 1.91 bits per heavy atom. The van der Waals surface area contributed by atoms with E-state index in [1.807, 2.05) is 50.2 Å². The zero-order valence-electron chi connectivity index (χ0n) is 31.5. The van der Waals surface area contributed by atoms with Crippen LogP contribution in [0.1, 0.15) is 98.5 Å². The quantitative estimate of drug-likeness (QED) is 0.0850. The lowest BCUT2D eigenvalue weighted by molar-refractivity contribution is -0.137. The van der Waals surface area contributed by atoms with Crippen LogP contribution in [0.2, 0.25) is 0 Å². The molecular formula is C45H41NO9. The van der Waals surface area contributed by atoms with E-state index in [-0.39, 0.29) is 67.2 Å². The normalized spacial score (nSPS) is 18.9. The van der Waals surface area contributed by atoms with Crippen LogP contribution in [-0.4, -0.2) is 52.4 Å². The summed E-state index contributed by atoms with van der Waals surface area (Å²) in [4.78, 5) is 91.1. The van der Waals surface area contributed by atoms with Gasteiger partial charge in [-0.15, -0.1) is 0 Å². The van der Waals surface area contributed by atoms with E-state index >= 15 is 0 Å². The number of Topliss-reactive ketones (excluding diaryl/α,β-unsaturated/α-hetero) is 4. The summed E-state index contributed by atoms with van der Waals surface area (Å²) in [6.07, 6.45) is 3.97. The van der Waals surface area contributed by atoms with Crippen LogP contribution in [0.5, 0.6) is 11.5 Å². The number of hydrogen-bond acceptors (Lipinski definition) is 9. The number of carbonyl (C=O) groups excluding carboxylic acids is 7. The summed E-state index contributed by atoms with van der Waals surface area (Å²) >= 11 is 0. The SMILES string of the molecule is CC1=C(C)C(=O)C(C(C)(C)CC(=O)Cc2ccc3c(c2)Oc2cc(CC(=O)CCCCN4C(=O)C=CC4=O)ccc2C32OC(=O)c3ccccc32)=C(C)C1=O. The maximum atomic E-state index is 13.7. The molecule has 1 spiro atoms. The van der Waals surface area contributed by atoms with Gasteiger partial charge in [-0.25, -0.2) is 4.79 Å². The first kappa shape index (κ1) is 37.3. The molecule has 280 valence electrons. The number of benzene rings is 3. The molecule has 0 radical (unpaired) electrons. The van der Waals surface area contributed by atoms with Gasteiger partial charge in [0.05, 0.1) is 5.56 Å². The van der Waals surface area contributed by atoms with Crippen molar-refractivity contribution in [2.75, 3.05) is 6.54 Å². The van der Waals surface area contributed by atoms with Crippen molar-refractivity contribution in [1.82, 2.24) is 4.90 Å². The van der Waals surface area contributed by atoms with E-state index < -0.39 is 17.0 Å². The molecule has 3 aromatic rings. The Kier molecular flexibility index (Phi) is 9.49. The van der Waals surface area contributed by atoms with Gasteiger partial charge in [-0.05, 0) is 62.9 Å². The summed E-state index contributed by atoms with van der Waals surface area (Å²) < 4.78 is 12.8. The molecule has 10 nitrogen and oxygen atoms in total. The average molecular weight is 740 g/mol. The molecule has 0 aromatic heterocycles. The first-order valence-electron chi connectivity index (χ1n) is 18.4. The van der Waals surface area contributed by atoms with Gasteiger partial charge in [-0.2, -0.15) is 0 Å². The van der Waals surface area contributed by atoms with Gasteiger partial charge in [0.15, 0.2) is 17.2 Å². The van der Waals surface area contributed by atoms with E-state index in [0.717, 1.165) is 4.90 Å². The largest absolute Gasteiger partial charge is 0.456 e. The predicted octanol–water partition coefficient (Wildman–Crippen LogP) is 6.79. The Morgan fingerprint density at radius 1 is 0.691 bits per heavy atom. The van der Waals surface area contributed by atoms with Crippen LogP contribution in [0.4, 0.5) is 0 Å². The molecule has 7 rings (SSSR count). The minimum atomic E-state index is -1.33. The van der Waals surface area contributed by atoms with Crippen molar-refractivity contribution in [3.05, 3.63) is 128 Å². The van der Waals surface area contributed by atoms with Gasteiger partial charge >= 0.3 is 5.97 Å². The first-order valence-corrected chi connectivity index (χ1v) is 18.4. The Bertz CT molecular complexity index is 2340. The van der Waals surface area contributed by atoms with Crippen LogP contribution in [0.25, 0.3) is 0 Å². The summed E-state index contributed by atoms with van der Waals surface area (Å²) in [6, 6.07) is 18.0. The number of imide groups is 1. The number of ether oxygens (including phenoxy) is 2. The number of hydrogen-bond donors (Lipinski definition) is 0. The van der Waals surface area contributed by atoms with Crippen LogP contribution in [0.3, 0.4) is 0 Å². The van der Waals surface area contributed by atoms with Crippen molar-refractivity contribution in [2.24, 2.45) is 5.41 Å². The number of ketones is 4. The van der Waals surface area contributed by atoms with Crippen molar-refractivity contribution in [3.63, 3.8) is 0 Å². The number of fused-ring (bicyclic) bond motifs is 6. The van der Waals surface area contributed by atoms with E-state index in [0.29, 0.717) is 80.0 Å². The van der Waals surface area contributed by atoms with Gasteiger partial charge in [-0.1, -0.05) is 56.3 Å². The van der Waals surface area contributed by atoms with Gasteiger partial charge in [-0.3, -0.25) is 33.7 Å². The average Bonchev–Trinajstić information content (AvgIpc) is 3.62. The van der Waals surface area contributed by atoms with E-state index in [1.54, 1.807) is 45.0 Å². The molecule has 0 N–H and O–H groups in total. The van der Waals surface area contributed by atoms with Crippen LogP contribution in [0.15, 0.2) is 95.1 Å². The molecule has 0 bridgehead atoms. The summed E-state index contributed by atoms with van der Waals surface area (Å²) in [5.74, 6) is -0.903. The number of esters is 1. The Morgan fingerprint density at radius 2 is 1.27 bits per heavy atom. The Hall–Kier alpha value is -6.03.